The molecule has 2 aromatic carbocycles. The molecule has 1 aliphatic heterocycles. The molecule has 120 valence electrons. The second-order valence-electron chi connectivity index (χ2n) is 5.72. The van der Waals surface area contributed by atoms with Gasteiger partial charge < -0.3 is 14.4 Å². The number of nitrogens with zero attached hydrogens (tertiary/aromatic N) is 1. The first kappa shape index (κ1) is 15.4. The number of carbonyl (C=O) groups is 1. The van der Waals surface area contributed by atoms with Crippen LogP contribution in [0, 0.1) is 0 Å². The maximum atomic E-state index is 12.5. The summed E-state index contributed by atoms with van der Waals surface area (Å²) in [5, 5.41) is 0. The van der Waals surface area contributed by atoms with Crippen LogP contribution in [0.15, 0.2) is 42.5 Å². The van der Waals surface area contributed by atoms with Gasteiger partial charge in [-0.1, -0.05) is 18.2 Å². The van der Waals surface area contributed by atoms with Gasteiger partial charge in [0.25, 0.3) is 0 Å². The molecular formula is C19H21NO3. The Hall–Kier alpha value is -2.49. The number of methoxy groups -OCH3 is 2. The van der Waals surface area contributed by atoms with Gasteiger partial charge in [0.05, 0.1) is 20.6 Å². The molecule has 23 heavy (non-hydrogen) atoms. The molecule has 1 aliphatic rings. The largest absolute Gasteiger partial charge is 0.497 e. The van der Waals surface area contributed by atoms with Crippen molar-refractivity contribution < 1.29 is 14.3 Å². The molecule has 0 saturated carbocycles. The van der Waals surface area contributed by atoms with Crippen molar-refractivity contribution in [3.05, 3.63) is 59.2 Å². The number of rotatable bonds is 4. The van der Waals surface area contributed by atoms with Crippen molar-refractivity contribution in [3.8, 4) is 11.5 Å². The van der Waals surface area contributed by atoms with E-state index in [0.29, 0.717) is 13.0 Å². The third kappa shape index (κ3) is 3.47. The average molecular weight is 311 g/mol. The van der Waals surface area contributed by atoms with Gasteiger partial charge in [0.1, 0.15) is 11.5 Å². The molecule has 0 atom stereocenters. The molecule has 0 fully saturated rings. The SMILES string of the molecule is COc1ccc(CC(=O)N2CCc3ccc(OC)cc3C2)cc1. The van der Waals surface area contributed by atoms with E-state index in [4.69, 9.17) is 9.47 Å². The van der Waals surface area contributed by atoms with Crippen LogP contribution in [0.1, 0.15) is 16.7 Å². The van der Waals surface area contributed by atoms with Crippen molar-refractivity contribution >= 4 is 5.91 Å². The fourth-order valence-corrected chi connectivity index (χ4v) is 2.90. The number of ether oxygens (including phenoxy) is 2. The van der Waals surface area contributed by atoms with Gasteiger partial charge in [0, 0.05) is 13.1 Å². The summed E-state index contributed by atoms with van der Waals surface area (Å²) in [5.74, 6) is 1.80. The Morgan fingerprint density at radius 2 is 1.70 bits per heavy atom. The quantitative estimate of drug-likeness (QED) is 0.871. The third-order valence-corrected chi connectivity index (χ3v) is 4.29. The highest BCUT2D eigenvalue weighted by molar-refractivity contribution is 5.79. The highest BCUT2D eigenvalue weighted by Crippen LogP contribution is 2.24. The molecule has 0 aromatic heterocycles. The normalized spacial score (nSPS) is 13.4. The minimum atomic E-state index is 0.156. The Morgan fingerprint density at radius 3 is 2.39 bits per heavy atom. The fourth-order valence-electron chi connectivity index (χ4n) is 2.90. The van der Waals surface area contributed by atoms with Crippen molar-refractivity contribution in [2.45, 2.75) is 19.4 Å². The van der Waals surface area contributed by atoms with Crippen LogP contribution >= 0.6 is 0 Å². The molecule has 0 N–H and O–H groups in total. The number of hydrogen-bond acceptors (Lipinski definition) is 3. The first-order chi connectivity index (χ1) is 11.2. The minimum Gasteiger partial charge on any atom is -0.497 e. The lowest BCUT2D eigenvalue weighted by Gasteiger charge is -2.29. The predicted molar refractivity (Wildman–Crippen MR) is 88.8 cm³/mol. The van der Waals surface area contributed by atoms with E-state index >= 15 is 0 Å². The van der Waals surface area contributed by atoms with Crippen LogP contribution in [0.5, 0.6) is 11.5 Å². The number of hydrogen-bond donors (Lipinski definition) is 0. The van der Waals surface area contributed by atoms with E-state index in [1.807, 2.05) is 41.3 Å². The number of benzene rings is 2. The van der Waals surface area contributed by atoms with E-state index in [1.165, 1.54) is 11.1 Å². The van der Waals surface area contributed by atoms with Crippen LogP contribution in [-0.2, 0) is 24.2 Å². The molecule has 4 nitrogen and oxygen atoms in total. The summed E-state index contributed by atoms with van der Waals surface area (Å²) < 4.78 is 10.4. The Balaban J connectivity index is 1.68. The van der Waals surface area contributed by atoms with E-state index in [2.05, 4.69) is 6.07 Å². The Kier molecular flexibility index (Phi) is 4.51. The van der Waals surface area contributed by atoms with Crippen LogP contribution in [0.2, 0.25) is 0 Å². The van der Waals surface area contributed by atoms with E-state index < -0.39 is 0 Å². The summed E-state index contributed by atoms with van der Waals surface area (Å²) in [7, 11) is 3.30. The van der Waals surface area contributed by atoms with Gasteiger partial charge in [-0.15, -0.1) is 0 Å². The van der Waals surface area contributed by atoms with Crippen molar-refractivity contribution in [1.29, 1.82) is 0 Å². The molecule has 4 heteroatoms. The second-order valence-corrected chi connectivity index (χ2v) is 5.72. The predicted octanol–water partition coefficient (Wildman–Crippen LogP) is 2.83. The third-order valence-electron chi connectivity index (χ3n) is 4.29. The number of carbonyl (C=O) groups excluding carboxylic acids is 1. The van der Waals surface area contributed by atoms with Gasteiger partial charge in [0.15, 0.2) is 0 Å². The molecule has 0 aliphatic carbocycles. The number of fused-ring (bicyclic) bond motifs is 1. The van der Waals surface area contributed by atoms with Gasteiger partial charge in [-0.05, 0) is 47.4 Å². The average Bonchev–Trinajstić information content (AvgIpc) is 2.61. The molecular weight excluding hydrogens is 290 g/mol. The minimum absolute atomic E-state index is 0.156. The zero-order valence-corrected chi connectivity index (χ0v) is 13.5. The van der Waals surface area contributed by atoms with Crippen molar-refractivity contribution in [2.24, 2.45) is 0 Å². The summed E-state index contributed by atoms with van der Waals surface area (Å²) in [6, 6.07) is 13.8. The second kappa shape index (κ2) is 6.73. The summed E-state index contributed by atoms with van der Waals surface area (Å²) >= 11 is 0. The lowest BCUT2D eigenvalue weighted by atomic mass is 9.99. The van der Waals surface area contributed by atoms with E-state index in [9.17, 15) is 4.79 Å². The van der Waals surface area contributed by atoms with Crippen LogP contribution in [0.25, 0.3) is 0 Å². The summed E-state index contributed by atoms with van der Waals surface area (Å²) in [4.78, 5) is 14.5. The molecule has 0 radical (unpaired) electrons. The number of amides is 1. The van der Waals surface area contributed by atoms with Crippen LogP contribution in [0.3, 0.4) is 0 Å². The molecule has 0 unspecified atom stereocenters. The maximum absolute atomic E-state index is 12.5. The van der Waals surface area contributed by atoms with Crippen molar-refractivity contribution in [2.75, 3.05) is 20.8 Å². The van der Waals surface area contributed by atoms with Gasteiger partial charge in [-0.3, -0.25) is 4.79 Å². The molecule has 1 heterocycles. The Labute approximate surface area is 136 Å². The van der Waals surface area contributed by atoms with E-state index in [-0.39, 0.29) is 5.91 Å². The van der Waals surface area contributed by atoms with Crippen LogP contribution in [-0.4, -0.2) is 31.6 Å². The van der Waals surface area contributed by atoms with Gasteiger partial charge >= 0.3 is 0 Å². The van der Waals surface area contributed by atoms with Gasteiger partial charge in [-0.2, -0.15) is 0 Å². The monoisotopic (exact) mass is 311 g/mol. The highest BCUT2D eigenvalue weighted by Gasteiger charge is 2.21. The molecule has 0 spiro atoms. The summed E-state index contributed by atoms with van der Waals surface area (Å²) in [5.41, 5.74) is 3.49. The summed E-state index contributed by atoms with van der Waals surface area (Å²) in [6.45, 7) is 1.43. The summed E-state index contributed by atoms with van der Waals surface area (Å²) in [6.07, 6.45) is 1.32. The first-order valence-electron chi connectivity index (χ1n) is 7.76. The fraction of sp³-hybridized carbons (Fsp3) is 0.316. The van der Waals surface area contributed by atoms with Gasteiger partial charge in [0.2, 0.25) is 5.91 Å². The van der Waals surface area contributed by atoms with Crippen molar-refractivity contribution in [1.82, 2.24) is 4.90 Å². The lowest BCUT2D eigenvalue weighted by molar-refractivity contribution is -0.131. The first-order valence-corrected chi connectivity index (χ1v) is 7.76. The van der Waals surface area contributed by atoms with Crippen LogP contribution < -0.4 is 9.47 Å². The van der Waals surface area contributed by atoms with Crippen LogP contribution in [0.4, 0.5) is 0 Å². The topological polar surface area (TPSA) is 38.8 Å². The molecule has 0 bridgehead atoms. The molecule has 2 aromatic rings. The highest BCUT2D eigenvalue weighted by atomic mass is 16.5. The molecule has 0 saturated heterocycles. The van der Waals surface area contributed by atoms with Crippen molar-refractivity contribution in [3.63, 3.8) is 0 Å². The Bertz CT molecular complexity index is 694. The maximum Gasteiger partial charge on any atom is 0.227 e. The Morgan fingerprint density at radius 1 is 1.00 bits per heavy atom. The lowest BCUT2D eigenvalue weighted by Crippen LogP contribution is -2.36. The zero-order valence-electron chi connectivity index (χ0n) is 13.5. The van der Waals surface area contributed by atoms with E-state index in [1.54, 1.807) is 14.2 Å². The van der Waals surface area contributed by atoms with E-state index in [0.717, 1.165) is 30.0 Å². The standard InChI is InChI=1S/C19H21NO3/c1-22-17-6-3-14(4-7-17)11-19(21)20-10-9-15-5-8-18(23-2)12-16(15)13-20/h3-8,12H,9-11,13H2,1-2H3. The molecule has 3 rings (SSSR count). The zero-order chi connectivity index (χ0) is 16.2. The molecule has 1 amide bonds. The smallest absolute Gasteiger partial charge is 0.227 e. The van der Waals surface area contributed by atoms with Gasteiger partial charge in [-0.25, -0.2) is 0 Å².